The molecule has 1 fully saturated rings. The molecular formula is C17H26N2. The Balaban J connectivity index is 1.73. The molecule has 1 heterocycles. The van der Waals surface area contributed by atoms with Crippen molar-refractivity contribution in [3.63, 3.8) is 0 Å². The van der Waals surface area contributed by atoms with Crippen molar-refractivity contribution >= 4 is 0 Å². The zero-order chi connectivity index (χ0) is 13.1. The molecule has 1 aromatic rings. The number of hydrogen-bond acceptors (Lipinski definition) is 2. The molecule has 2 atom stereocenters. The van der Waals surface area contributed by atoms with Gasteiger partial charge in [-0.2, -0.15) is 0 Å². The van der Waals surface area contributed by atoms with Crippen molar-refractivity contribution in [3.8, 4) is 0 Å². The Morgan fingerprint density at radius 2 is 2.16 bits per heavy atom. The SMILES string of the molecule is CCNC(CC1CCCC1)C1CCc2cccnc21. The molecule has 0 spiro atoms. The number of pyridine rings is 1. The zero-order valence-electron chi connectivity index (χ0n) is 12.1. The van der Waals surface area contributed by atoms with Gasteiger partial charge < -0.3 is 5.32 Å². The third kappa shape index (κ3) is 2.84. The lowest BCUT2D eigenvalue weighted by atomic mass is 9.88. The van der Waals surface area contributed by atoms with Crippen molar-refractivity contribution in [2.45, 2.75) is 63.8 Å². The van der Waals surface area contributed by atoms with Gasteiger partial charge in [0.25, 0.3) is 0 Å². The van der Waals surface area contributed by atoms with Gasteiger partial charge in [-0.25, -0.2) is 0 Å². The van der Waals surface area contributed by atoms with E-state index in [1.165, 1.54) is 56.2 Å². The van der Waals surface area contributed by atoms with Crippen molar-refractivity contribution in [2.75, 3.05) is 6.54 Å². The number of rotatable bonds is 5. The van der Waals surface area contributed by atoms with Gasteiger partial charge in [0.15, 0.2) is 0 Å². The summed E-state index contributed by atoms with van der Waals surface area (Å²) in [5, 5.41) is 3.75. The van der Waals surface area contributed by atoms with Crippen LogP contribution >= 0.6 is 0 Å². The summed E-state index contributed by atoms with van der Waals surface area (Å²) < 4.78 is 0. The number of aromatic nitrogens is 1. The molecule has 2 aliphatic carbocycles. The highest BCUT2D eigenvalue weighted by Gasteiger charge is 2.32. The first-order chi connectivity index (χ1) is 9.38. The van der Waals surface area contributed by atoms with Crippen LogP contribution in [0, 0.1) is 5.92 Å². The fraction of sp³-hybridized carbons (Fsp3) is 0.706. The molecule has 1 saturated carbocycles. The highest BCUT2D eigenvalue weighted by atomic mass is 14.9. The van der Waals surface area contributed by atoms with Crippen LogP contribution in [0.3, 0.4) is 0 Å². The number of nitrogens with zero attached hydrogens (tertiary/aromatic N) is 1. The van der Waals surface area contributed by atoms with E-state index < -0.39 is 0 Å². The van der Waals surface area contributed by atoms with Gasteiger partial charge in [0, 0.05) is 23.9 Å². The molecule has 2 heteroatoms. The summed E-state index contributed by atoms with van der Waals surface area (Å²) in [7, 11) is 0. The minimum atomic E-state index is 0.643. The first kappa shape index (κ1) is 13.1. The van der Waals surface area contributed by atoms with Gasteiger partial charge in [-0.15, -0.1) is 0 Å². The van der Waals surface area contributed by atoms with E-state index >= 15 is 0 Å². The van der Waals surface area contributed by atoms with Crippen molar-refractivity contribution < 1.29 is 0 Å². The maximum atomic E-state index is 4.68. The van der Waals surface area contributed by atoms with Crippen LogP contribution < -0.4 is 5.32 Å². The van der Waals surface area contributed by atoms with Crippen molar-refractivity contribution in [3.05, 3.63) is 29.6 Å². The maximum Gasteiger partial charge on any atom is 0.0482 e. The van der Waals surface area contributed by atoms with Crippen LogP contribution in [0.5, 0.6) is 0 Å². The molecule has 0 aromatic carbocycles. The normalized spacial score (nSPS) is 24.6. The molecule has 104 valence electrons. The van der Waals surface area contributed by atoms with Crippen LogP contribution in [-0.4, -0.2) is 17.6 Å². The minimum absolute atomic E-state index is 0.643. The van der Waals surface area contributed by atoms with Gasteiger partial charge >= 0.3 is 0 Å². The second-order valence-corrected chi connectivity index (χ2v) is 6.24. The van der Waals surface area contributed by atoms with E-state index in [4.69, 9.17) is 0 Å². The fourth-order valence-corrected chi connectivity index (χ4v) is 4.09. The van der Waals surface area contributed by atoms with Crippen molar-refractivity contribution in [1.82, 2.24) is 10.3 Å². The van der Waals surface area contributed by atoms with Crippen LogP contribution in [0.4, 0.5) is 0 Å². The van der Waals surface area contributed by atoms with Crippen LogP contribution in [0.2, 0.25) is 0 Å². The number of aryl methyl sites for hydroxylation is 1. The molecule has 2 nitrogen and oxygen atoms in total. The minimum Gasteiger partial charge on any atom is -0.314 e. The largest absolute Gasteiger partial charge is 0.314 e. The summed E-state index contributed by atoms with van der Waals surface area (Å²) >= 11 is 0. The molecule has 3 rings (SSSR count). The Kier molecular flexibility index (Phi) is 4.17. The van der Waals surface area contributed by atoms with E-state index in [9.17, 15) is 0 Å². The topological polar surface area (TPSA) is 24.9 Å². The van der Waals surface area contributed by atoms with Crippen LogP contribution in [-0.2, 0) is 6.42 Å². The summed E-state index contributed by atoms with van der Waals surface area (Å²) in [5.74, 6) is 1.61. The van der Waals surface area contributed by atoms with Gasteiger partial charge in [-0.05, 0) is 43.4 Å². The first-order valence-electron chi connectivity index (χ1n) is 8.05. The summed E-state index contributed by atoms with van der Waals surface area (Å²) in [6, 6.07) is 4.99. The Morgan fingerprint density at radius 1 is 1.32 bits per heavy atom. The molecule has 0 amide bonds. The fourth-order valence-electron chi connectivity index (χ4n) is 4.09. The number of nitrogens with one attached hydrogen (secondary N) is 1. The van der Waals surface area contributed by atoms with E-state index in [1.807, 2.05) is 6.20 Å². The number of likely N-dealkylation sites (N-methyl/N-ethyl adjacent to an activating group) is 1. The predicted molar refractivity (Wildman–Crippen MR) is 79.3 cm³/mol. The lowest BCUT2D eigenvalue weighted by Gasteiger charge is -2.27. The zero-order valence-corrected chi connectivity index (χ0v) is 12.1. The summed E-state index contributed by atoms with van der Waals surface area (Å²) in [6.45, 7) is 3.31. The third-order valence-electron chi connectivity index (χ3n) is 5.02. The molecule has 1 aromatic heterocycles. The van der Waals surface area contributed by atoms with E-state index in [0.717, 1.165) is 12.5 Å². The number of hydrogen-bond donors (Lipinski definition) is 1. The van der Waals surface area contributed by atoms with Crippen LogP contribution in [0.1, 0.15) is 62.6 Å². The Morgan fingerprint density at radius 3 is 2.95 bits per heavy atom. The lowest BCUT2D eigenvalue weighted by molar-refractivity contribution is 0.343. The molecule has 19 heavy (non-hydrogen) atoms. The number of fused-ring (bicyclic) bond motifs is 1. The second kappa shape index (κ2) is 6.04. The van der Waals surface area contributed by atoms with Gasteiger partial charge in [0.2, 0.25) is 0 Å². The smallest absolute Gasteiger partial charge is 0.0482 e. The monoisotopic (exact) mass is 258 g/mol. The highest BCUT2D eigenvalue weighted by molar-refractivity contribution is 5.30. The first-order valence-corrected chi connectivity index (χ1v) is 8.05. The van der Waals surface area contributed by atoms with Crippen LogP contribution in [0.25, 0.3) is 0 Å². The summed E-state index contributed by atoms with van der Waals surface area (Å²) in [5.41, 5.74) is 2.87. The van der Waals surface area contributed by atoms with Crippen LogP contribution in [0.15, 0.2) is 18.3 Å². The Bertz CT molecular complexity index is 409. The third-order valence-corrected chi connectivity index (χ3v) is 5.02. The standard InChI is InChI=1S/C17H26N2/c1-2-18-16(12-13-6-3-4-7-13)15-10-9-14-8-5-11-19-17(14)15/h5,8,11,13,15-16,18H,2-4,6-7,9-10,12H2,1H3. The van der Waals surface area contributed by atoms with E-state index in [0.29, 0.717) is 12.0 Å². The van der Waals surface area contributed by atoms with Gasteiger partial charge in [0.1, 0.15) is 0 Å². The van der Waals surface area contributed by atoms with Gasteiger partial charge in [-0.1, -0.05) is 38.7 Å². The average molecular weight is 258 g/mol. The molecule has 2 aliphatic rings. The van der Waals surface area contributed by atoms with Crippen molar-refractivity contribution in [2.24, 2.45) is 5.92 Å². The molecule has 0 radical (unpaired) electrons. The Hall–Kier alpha value is -0.890. The summed E-state index contributed by atoms with van der Waals surface area (Å²) in [6.07, 6.45) is 11.6. The molecular weight excluding hydrogens is 232 g/mol. The molecule has 0 saturated heterocycles. The lowest BCUT2D eigenvalue weighted by Crippen LogP contribution is -2.36. The predicted octanol–water partition coefficient (Wildman–Crippen LogP) is 3.67. The maximum absolute atomic E-state index is 4.68. The molecule has 2 unspecified atom stereocenters. The Labute approximate surface area is 117 Å². The molecule has 0 aliphatic heterocycles. The second-order valence-electron chi connectivity index (χ2n) is 6.24. The van der Waals surface area contributed by atoms with E-state index in [1.54, 1.807) is 0 Å². The van der Waals surface area contributed by atoms with E-state index in [-0.39, 0.29) is 0 Å². The molecule has 1 N–H and O–H groups in total. The summed E-state index contributed by atoms with van der Waals surface area (Å²) in [4.78, 5) is 4.68. The van der Waals surface area contributed by atoms with Crippen molar-refractivity contribution in [1.29, 1.82) is 0 Å². The quantitative estimate of drug-likeness (QED) is 0.871. The average Bonchev–Trinajstić information content (AvgIpc) is 3.07. The highest BCUT2D eigenvalue weighted by Crippen LogP contribution is 2.38. The van der Waals surface area contributed by atoms with Gasteiger partial charge in [0.05, 0.1) is 0 Å². The van der Waals surface area contributed by atoms with Gasteiger partial charge in [-0.3, -0.25) is 4.98 Å². The molecule has 0 bridgehead atoms. The van der Waals surface area contributed by atoms with E-state index in [2.05, 4.69) is 29.4 Å².